The molecule has 7 rings (SSSR count). The van der Waals surface area contributed by atoms with Crippen molar-refractivity contribution in [1.29, 1.82) is 0 Å². The van der Waals surface area contributed by atoms with Gasteiger partial charge in [0.1, 0.15) is 23.3 Å². The molecule has 0 bridgehead atoms. The third kappa shape index (κ3) is 4.52. The Bertz CT molecular complexity index is 1860. The summed E-state index contributed by atoms with van der Waals surface area (Å²) in [6.07, 6.45) is 6.54. The normalized spacial score (nSPS) is 19.8. The van der Waals surface area contributed by atoms with Gasteiger partial charge in [0.05, 0.1) is 28.6 Å². The highest BCUT2D eigenvalue weighted by atomic mass is 19.1. The quantitative estimate of drug-likeness (QED) is 0.252. The lowest BCUT2D eigenvalue weighted by atomic mass is 10.0. The molecule has 2 fully saturated rings. The maximum atomic E-state index is 15.6. The Hall–Kier alpha value is -4.86. The number of pyridine rings is 1. The molecule has 9 nitrogen and oxygen atoms in total. The lowest BCUT2D eigenvalue weighted by Crippen LogP contribution is -2.27. The smallest absolute Gasteiger partial charge is 0.245 e. The van der Waals surface area contributed by atoms with E-state index in [9.17, 15) is 4.79 Å². The molecule has 2 aliphatic rings. The number of rotatable bonds is 6. The number of aryl methyl sites for hydroxylation is 1. The maximum absolute atomic E-state index is 15.6. The largest absolute Gasteiger partial charge is 0.457 e. The first kappa shape index (κ1) is 26.1. The molecule has 3 atom stereocenters. The lowest BCUT2D eigenvalue weighted by Gasteiger charge is -2.18. The molecule has 3 aromatic heterocycles. The topological polar surface area (TPSA) is 98.1 Å². The van der Waals surface area contributed by atoms with Crippen LogP contribution in [0.1, 0.15) is 30.0 Å². The van der Waals surface area contributed by atoms with Crippen molar-refractivity contribution < 1.29 is 13.9 Å². The number of aromatic nitrogens is 5. The molecule has 1 saturated carbocycles. The Morgan fingerprint density at radius 3 is 2.67 bits per heavy atom. The number of imidazole rings is 1. The minimum atomic E-state index is -0.434. The fraction of sp³-hybridized carbons (Fsp3) is 0.281. The molecule has 0 radical (unpaired) electrons. The zero-order valence-electron chi connectivity index (χ0n) is 23.4. The summed E-state index contributed by atoms with van der Waals surface area (Å²) in [5, 5.41) is 3.15. The van der Waals surface area contributed by atoms with Crippen LogP contribution >= 0.6 is 0 Å². The highest BCUT2D eigenvalue weighted by molar-refractivity contribution is 5.88. The Morgan fingerprint density at radius 2 is 1.88 bits per heavy atom. The Morgan fingerprint density at radius 1 is 1.07 bits per heavy atom. The molecular formula is C32H30FN7O2. The number of ether oxygens (including phenoxy) is 1. The number of likely N-dealkylation sites (tertiary alicyclic amines) is 1. The Balaban J connectivity index is 1.11. The van der Waals surface area contributed by atoms with Crippen LogP contribution in [-0.4, -0.2) is 48.4 Å². The summed E-state index contributed by atoms with van der Waals surface area (Å²) in [6, 6.07) is 13.0. The molecule has 1 amide bonds. The lowest BCUT2D eigenvalue weighted by molar-refractivity contribution is -0.125. The zero-order chi connectivity index (χ0) is 29.0. The molecule has 10 heteroatoms. The molecule has 4 heterocycles. The number of hydrogen-bond donors (Lipinski definition) is 1. The first-order valence-electron chi connectivity index (χ1n) is 14.1. The SMILES string of the molecule is C=CC(=O)N1C[C@H]2CC(c3ccc4ncnc(Nc5ccc(Oc6ccc7c(c6)ncn7C)c(C)c5F)c4n3)C[C@H]2C1. The number of carbonyl (C=O) groups is 1. The average Bonchev–Trinajstić information content (AvgIpc) is 3.70. The van der Waals surface area contributed by atoms with E-state index in [0.29, 0.717) is 51.7 Å². The van der Waals surface area contributed by atoms with Gasteiger partial charge in [-0.25, -0.2) is 24.3 Å². The highest BCUT2D eigenvalue weighted by Crippen LogP contribution is 2.46. The van der Waals surface area contributed by atoms with Crippen molar-refractivity contribution in [3.05, 3.63) is 84.8 Å². The number of halogens is 1. The van der Waals surface area contributed by atoms with Crippen LogP contribution in [0.3, 0.4) is 0 Å². The molecular weight excluding hydrogens is 533 g/mol. The summed E-state index contributed by atoms with van der Waals surface area (Å²) in [4.78, 5) is 32.1. The molecule has 0 spiro atoms. The van der Waals surface area contributed by atoms with Crippen molar-refractivity contribution in [2.24, 2.45) is 18.9 Å². The van der Waals surface area contributed by atoms with Crippen LogP contribution < -0.4 is 10.1 Å². The number of nitrogens with one attached hydrogen (secondary N) is 1. The van der Waals surface area contributed by atoms with Crippen molar-refractivity contribution in [3.8, 4) is 11.5 Å². The van der Waals surface area contributed by atoms with Crippen LogP contribution in [0.15, 0.2) is 67.8 Å². The van der Waals surface area contributed by atoms with Crippen molar-refractivity contribution in [2.75, 3.05) is 18.4 Å². The second-order valence-corrected chi connectivity index (χ2v) is 11.2. The standard InChI is InChI=1S/C32H30FN7O2/c1-4-29(41)40-14-20-11-19(12-21(20)15-40)23-6-7-25-31(37-23)32(35-16-34-25)38-24-8-10-28(18(2)30(24)33)42-22-5-9-27-26(13-22)36-17-39(27)3/h4-10,13,16-17,19-21H,1,11-12,14-15H2,2-3H3,(H,34,35,38)/t19?,20-,21+. The summed E-state index contributed by atoms with van der Waals surface area (Å²) in [5.41, 5.74) is 4.68. The Kier molecular flexibility index (Phi) is 6.33. The molecule has 1 aliphatic heterocycles. The van der Waals surface area contributed by atoms with Crippen LogP contribution in [-0.2, 0) is 11.8 Å². The van der Waals surface area contributed by atoms with E-state index in [0.717, 1.165) is 42.7 Å². The van der Waals surface area contributed by atoms with E-state index >= 15 is 4.39 Å². The molecule has 1 aliphatic carbocycles. The molecule has 1 unspecified atom stereocenters. The Labute approximate surface area is 242 Å². The predicted molar refractivity (Wildman–Crippen MR) is 158 cm³/mol. The average molecular weight is 564 g/mol. The monoisotopic (exact) mass is 563 g/mol. The summed E-state index contributed by atoms with van der Waals surface area (Å²) < 4.78 is 23.6. The van der Waals surface area contributed by atoms with Gasteiger partial charge in [0, 0.05) is 43.4 Å². The van der Waals surface area contributed by atoms with E-state index in [1.54, 1.807) is 25.4 Å². The van der Waals surface area contributed by atoms with Crippen LogP contribution in [0.2, 0.25) is 0 Å². The third-order valence-electron chi connectivity index (χ3n) is 8.67. The van der Waals surface area contributed by atoms with E-state index in [1.165, 1.54) is 12.4 Å². The van der Waals surface area contributed by atoms with Gasteiger partial charge < -0.3 is 19.5 Å². The van der Waals surface area contributed by atoms with Crippen molar-refractivity contribution in [2.45, 2.75) is 25.7 Å². The van der Waals surface area contributed by atoms with Gasteiger partial charge in [-0.3, -0.25) is 4.79 Å². The van der Waals surface area contributed by atoms with E-state index in [2.05, 4.69) is 26.8 Å². The zero-order valence-corrected chi connectivity index (χ0v) is 23.4. The van der Waals surface area contributed by atoms with Crippen molar-refractivity contribution >= 4 is 39.5 Å². The molecule has 1 N–H and O–H groups in total. The fourth-order valence-corrected chi connectivity index (χ4v) is 6.43. The van der Waals surface area contributed by atoms with E-state index in [4.69, 9.17) is 9.72 Å². The van der Waals surface area contributed by atoms with Crippen LogP contribution in [0.5, 0.6) is 11.5 Å². The maximum Gasteiger partial charge on any atom is 0.245 e. The molecule has 5 aromatic rings. The highest BCUT2D eigenvalue weighted by Gasteiger charge is 2.42. The number of anilines is 2. The van der Waals surface area contributed by atoms with Gasteiger partial charge in [-0.15, -0.1) is 0 Å². The fourth-order valence-electron chi connectivity index (χ4n) is 6.43. The van der Waals surface area contributed by atoms with Crippen LogP contribution in [0.25, 0.3) is 22.1 Å². The van der Waals surface area contributed by atoms with Gasteiger partial charge in [-0.05, 0) is 74.1 Å². The second kappa shape index (κ2) is 10.2. The number of fused-ring (bicyclic) bond motifs is 3. The van der Waals surface area contributed by atoms with Crippen molar-refractivity contribution in [3.63, 3.8) is 0 Å². The number of nitrogens with zero attached hydrogens (tertiary/aromatic N) is 6. The summed E-state index contributed by atoms with van der Waals surface area (Å²) in [7, 11) is 1.93. The first-order valence-corrected chi connectivity index (χ1v) is 14.1. The molecule has 42 heavy (non-hydrogen) atoms. The molecule has 2 aromatic carbocycles. The van der Waals surface area contributed by atoms with Gasteiger partial charge >= 0.3 is 0 Å². The van der Waals surface area contributed by atoms with Gasteiger partial charge in [-0.2, -0.15) is 0 Å². The van der Waals surface area contributed by atoms with E-state index < -0.39 is 5.82 Å². The number of hydrogen-bond acceptors (Lipinski definition) is 7. The van der Waals surface area contributed by atoms with Crippen LogP contribution in [0, 0.1) is 24.6 Å². The number of benzene rings is 2. The summed E-state index contributed by atoms with van der Waals surface area (Å²) in [5.74, 6) is 2.23. The van der Waals surface area contributed by atoms with Gasteiger partial charge in [0.15, 0.2) is 11.6 Å². The predicted octanol–water partition coefficient (Wildman–Crippen LogP) is 6.03. The molecule has 212 valence electrons. The van der Waals surface area contributed by atoms with Crippen molar-refractivity contribution in [1.82, 2.24) is 29.4 Å². The summed E-state index contributed by atoms with van der Waals surface area (Å²) >= 11 is 0. The van der Waals surface area contributed by atoms with Gasteiger partial charge in [0.25, 0.3) is 0 Å². The van der Waals surface area contributed by atoms with Gasteiger partial charge in [-0.1, -0.05) is 6.58 Å². The van der Waals surface area contributed by atoms with E-state index in [-0.39, 0.29) is 11.6 Å². The summed E-state index contributed by atoms with van der Waals surface area (Å²) in [6.45, 7) is 6.84. The third-order valence-corrected chi connectivity index (χ3v) is 8.67. The minimum Gasteiger partial charge on any atom is -0.457 e. The first-order chi connectivity index (χ1) is 20.4. The number of amides is 1. The van der Waals surface area contributed by atoms with Gasteiger partial charge in [0.2, 0.25) is 5.91 Å². The van der Waals surface area contributed by atoms with Crippen LogP contribution in [0.4, 0.5) is 15.9 Å². The number of carbonyl (C=O) groups excluding carboxylic acids is 1. The van der Waals surface area contributed by atoms with E-state index in [1.807, 2.05) is 46.8 Å². The minimum absolute atomic E-state index is 0.00527. The second-order valence-electron chi connectivity index (χ2n) is 11.2. The molecule has 1 saturated heterocycles.